The molecule has 0 spiro atoms. The summed E-state index contributed by atoms with van der Waals surface area (Å²) in [5, 5.41) is 0. The monoisotopic (exact) mass is 144 g/mol. The average Bonchev–Trinajstić information content (AvgIpc) is 1.00. The number of hydrogen-bond acceptors (Lipinski definition) is 1. The molecule has 0 aromatic heterocycles. The second-order valence-electron chi connectivity index (χ2n) is 0. The molecule has 4 heavy (non-hydrogen) atoms. The maximum absolute atomic E-state index is 8.06. The maximum atomic E-state index is 8.06. The Morgan fingerprint density at radius 1 is 1.25 bits per heavy atom. The van der Waals surface area contributed by atoms with Crippen molar-refractivity contribution >= 4 is 10.1 Å². The summed E-state index contributed by atoms with van der Waals surface area (Å²) in [6.45, 7) is 0. The summed E-state index contributed by atoms with van der Waals surface area (Å²) in [5.74, 6) is 0. The van der Waals surface area contributed by atoms with Crippen LogP contribution in [-0.4, -0.2) is 10.1 Å². The van der Waals surface area contributed by atoms with Crippen LogP contribution in [0, 0.1) is 0 Å². The first-order valence-corrected chi connectivity index (χ1v) is 0.612. The molecule has 20 valence electrons. The van der Waals surface area contributed by atoms with Crippen LogP contribution in [0.1, 0.15) is 0 Å². The zero-order chi connectivity index (χ0) is 2.00. The van der Waals surface area contributed by atoms with E-state index in [1.165, 1.54) is 0 Å². The number of hydrogen-bond donors (Lipinski definition) is 0. The van der Waals surface area contributed by atoms with Crippen molar-refractivity contribution in [2.24, 2.45) is 0 Å². The van der Waals surface area contributed by atoms with Gasteiger partial charge < -0.3 is 4.46 Å². The SMILES string of the molecule is O=[Si].[Cr].[Ti]. The zero-order valence-electron chi connectivity index (χ0n) is 1.82. The molecule has 0 unspecified atom stereocenters. The van der Waals surface area contributed by atoms with Crippen LogP contribution < -0.4 is 0 Å². The Balaban J connectivity index is -0.00000000500. The first kappa shape index (κ1) is 18.7. The van der Waals surface area contributed by atoms with Gasteiger partial charge in [0.1, 0.15) is 0 Å². The molecule has 0 fully saturated rings. The molecule has 0 heterocycles. The summed E-state index contributed by atoms with van der Waals surface area (Å²) < 4.78 is 8.06. The molecule has 0 aromatic carbocycles. The Labute approximate surface area is 53.7 Å². The Morgan fingerprint density at radius 3 is 1.25 bits per heavy atom. The minimum Gasteiger partial charge on any atom is -0.381 e. The summed E-state index contributed by atoms with van der Waals surface area (Å²) in [7, 11) is 1.72. The minimum atomic E-state index is 0. The molecule has 0 saturated heterocycles. The quantitative estimate of drug-likeness (QED) is 0.418. The van der Waals surface area contributed by atoms with E-state index in [0.29, 0.717) is 0 Å². The molecule has 0 atom stereocenters. The summed E-state index contributed by atoms with van der Waals surface area (Å²) in [5.41, 5.74) is 0. The van der Waals surface area contributed by atoms with E-state index in [2.05, 4.69) is 0 Å². The van der Waals surface area contributed by atoms with E-state index >= 15 is 0 Å². The van der Waals surface area contributed by atoms with Gasteiger partial charge in [-0.1, -0.05) is 0 Å². The molecule has 0 saturated carbocycles. The molecule has 0 aromatic rings. The van der Waals surface area contributed by atoms with Crippen LogP contribution in [0.4, 0.5) is 0 Å². The van der Waals surface area contributed by atoms with Gasteiger partial charge in [0.25, 0.3) is 0 Å². The standard InChI is InChI=1S/Cr.OSi.Ti/c;1-2;. The van der Waals surface area contributed by atoms with E-state index in [4.69, 9.17) is 4.46 Å². The van der Waals surface area contributed by atoms with Crippen molar-refractivity contribution in [2.45, 2.75) is 0 Å². The fraction of sp³-hybridized carbons (Fsp3) is 0. The van der Waals surface area contributed by atoms with Crippen LogP contribution in [-0.2, 0) is 43.5 Å². The second-order valence-corrected chi connectivity index (χ2v) is 0. The topological polar surface area (TPSA) is 17.1 Å². The third-order valence-electron chi connectivity index (χ3n) is 0. The van der Waals surface area contributed by atoms with Gasteiger partial charge in [0.05, 0.1) is 0 Å². The van der Waals surface area contributed by atoms with Crippen LogP contribution in [0.25, 0.3) is 0 Å². The Morgan fingerprint density at radius 2 is 1.25 bits per heavy atom. The van der Waals surface area contributed by atoms with E-state index < -0.39 is 0 Å². The van der Waals surface area contributed by atoms with Crippen molar-refractivity contribution in [1.29, 1.82) is 0 Å². The van der Waals surface area contributed by atoms with Gasteiger partial charge in [-0.2, -0.15) is 0 Å². The smallest absolute Gasteiger partial charge is 0.381 e. The molecule has 0 aliphatic heterocycles. The Hall–Kier alpha value is 1.26. The second kappa shape index (κ2) is 28.4. The van der Waals surface area contributed by atoms with Gasteiger partial charge >= 0.3 is 10.1 Å². The fourth-order valence-electron chi connectivity index (χ4n) is 0. The van der Waals surface area contributed by atoms with Crippen molar-refractivity contribution in [3.63, 3.8) is 0 Å². The molecule has 0 amide bonds. The van der Waals surface area contributed by atoms with Crippen LogP contribution >= 0.6 is 0 Å². The summed E-state index contributed by atoms with van der Waals surface area (Å²) in [6, 6.07) is 0. The molecule has 4 heteroatoms. The van der Waals surface area contributed by atoms with E-state index in [0.717, 1.165) is 0 Å². The summed E-state index contributed by atoms with van der Waals surface area (Å²) in [4.78, 5) is 0. The van der Waals surface area contributed by atoms with Gasteiger partial charge in [-0.3, -0.25) is 0 Å². The van der Waals surface area contributed by atoms with Gasteiger partial charge in [0.2, 0.25) is 0 Å². The van der Waals surface area contributed by atoms with Gasteiger partial charge in [-0.25, -0.2) is 0 Å². The van der Waals surface area contributed by atoms with Crippen molar-refractivity contribution in [3.8, 4) is 0 Å². The molecule has 0 aliphatic carbocycles. The predicted molar refractivity (Wildman–Crippen MR) is 6.44 cm³/mol. The van der Waals surface area contributed by atoms with E-state index in [1.54, 1.807) is 10.1 Å². The largest absolute Gasteiger partial charge is 0.381 e. The minimum absolute atomic E-state index is 0. The molecular formula is CrOSiTi. The first-order chi connectivity index (χ1) is 1.00. The van der Waals surface area contributed by atoms with Gasteiger partial charge in [-0.05, 0) is 0 Å². The van der Waals surface area contributed by atoms with Crippen LogP contribution in [0.2, 0.25) is 0 Å². The molecule has 0 N–H and O–H groups in total. The van der Waals surface area contributed by atoms with Crippen LogP contribution in [0.15, 0.2) is 0 Å². The van der Waals surface area contributed by atoms with Crippen LogP contribution in [0.5, 0.6) is 0 Å². The zero-order valence-corrected chi connectivity index (χ0v) is 5.65. The third kappa shape index (κ3) is 10.5. The molecular weight excluding hydrogens is 144 g/mol. The Bertz CT molecular complexity index is 8.00. The molecule has 0 bridgehead atoms. The summed E-state index contributed by atoms with van der Waals surface area (Å²) >= 11 is 0. The first-order valence-electron chi connectivity index (χ1n) is 0.204. The summed E-state index contributed by atoms with van der Waals surface area (Å²) in [6.07, 6.45) is 0. The van der Waals surface area contributed by atoms with Crippen molar-refractivity contribution in [1.82, 2.24) is 0 Å². The van der Waals surface area contributed by atoms with E-state index in [-0.39, 0.29) is 39.1 Å². The van der Waals surface area contributed by atoms with Crippen molar-refractivity contribution < 1.29 is 43.5 Å². The van der Waals surface area contributed by atoms with Gasteiger partial charge in [0, 0.05) is 39.1 Å². The predicted octanol–water partition coefficient (Wildman–Crippen LogP) is -0.505. The average molecular weight is 144 g/mol. The third-order valence-corrected chi connectivity index (χ3v) is 0. The van der Waals surface area contributed by atoms with Crippen molar-refractivity contribution in [2.75, 3.05) is 0 Å². The molecule has 1 nitrogen and oxygen atoms in total. The number of rotatable bonds is 0. The van der Waals surface area contributed by atoms with E-state index in [1.807, 2.05) is 0 Å². The molecule has 0 rings (SSSR count). The van der Waals surface area contributed by atoms with Crippen LogP contribution in [0.3, 0.4) is 0 Å². The molecule has 0 aliphatic rings. The normalized spacial score (nSPS) is 1.00. The van der Waals surface area contributed by atoms with E-state index in [9.17, 15) is 0 Å². The van der Waals surface area contributed by atoms with Gasteiger partial charge in [-0.15, -0.1) is 0 Å². The maximum Gasteiger partial charge on any atom is 0.381 e. The Kier molecular flexibility index (Phi) is 133. The molecule has 2 radical (unpaired) electrons. The van der Waals surface area contributed by atoms with Crippen molar-refractivity contribution in [3.05, 3.63) is 0 Å². The van der Waals surface area contributed by atoms with Gasteiger partial charge in [0.15, 0.2) is 0 Å². The fourth-order valence-corrected chi connectivity index (χ4v) is 0.